The van der Waals surface area contributed by atoms with Crippen LogP contribution in [-0.4, -0.2) is 34.9 Å². The molecule has 1 heterocycles. The number of hydrogen-bond acceptors (Lipinski definition) is 4. The molecule has 1 N–H and O–H groups in total. The van der Waals surface area contributed by atoms with Crippen LogP contribution in [0.1, 0.15) is 34.8 Å². The zero-order valence-corrected chi connectivity index (χ0v) is 14.9. The minimum atomic E-state index is -0.469. The third kappa shape index (κ3) is 4.08. The van der Waals surface area contributed by atoms with Crippen LogP contribution in [0.25, 0.3) is 0 Å². The molecule has 6 heteroatoms. The summed E-state index contributed by atoms with van der Waals surface area (Å²) in [5, 5.41) is 13.7. The molecule has 0 saturated heterocycles. The Morgan fingerprint density at radius 3 is 2.54 bits per heavy atom. The average molecular weight is 353 g/mol. The van der Waals surface area contributed by atoms with Crippen LogP contribution < -0.4 is 5.32 Å². The summed E-state index contributed by atoms with van der Waals surface area (Å²) in [4.78, 5) is 25.0. The van der Waals surface area contributed by atoms with Crippen molar-refractivity contribution in [3.8, 4) is 0 Å². The Morgan fingerprint density at radius 1 is 1.19 bits per heavy atom. The summed E-state index contributed by atoms with van der Waals surface area (Å²) in [5.41, 5.74) is 3.20. The van der Waals surface area contributed by atoms with Crippen LogP contribution in [0.15, 0.2) is 48.5 Å². The molecule has 1 atom stereocenters. The number of nitro benzene ring substituents is 1. The second-order valence-electron chi connectivity index (χ2n) is 6.57. The van der Waals surface area contributed by atoms with E-state index in [1.807, 2.05) is 0 Å². The summed E-state index contributed by atoms with van der Waals surface area (Å²) in [6.45, 7) is 4.59. The standard InChI is InChI=1S/C20H23N3O3/c1-2-18(22-12-11-15-5-3-4-6-17(15)14-22)13-21-20(24)16-7-9-19(10-8-16)23(25)26/h3-10,18H,2,11-14H2,1H3,(H,21,24)/t18-/m0/s1. The lowest BCUT2D eigenvalue weighted by atomic mass is 9.98. The van der Waals surface area contributed by atoms with Gasteiger partial charge in [0.25, 0.3) is 11.6 Å². The Balaban J connectivity index is 1.59. The highest BCUT2D eigenvalue weighted by Crippen LogP contribution is 2.21. The number of nitrogens with one attached hydrogen (secondary N) is 1. The van der Waals surface area contributed by atoms with Crippen LogP contribution in [0.3, 0.4) is 0 Å². The van der Waals surface area contributed by atoms with Crippen molar-refractivity contribution in [3.63, 3.8) is 0 Å². The van der Waals surface area contributed by atoms with Crippen molar-refractivity contribution < 1.29 is 9.72 Å². The highest BCUT2D eigenvalue weighted by molar-refractivity contribution is 5.94. The van der Waals surface area contributed by atoms with Gasteiger partial charge in [-0.1, -0.05) is 31.2 Å². The lowest BCUT2D eigenvalue weighted by Crippen LogP contribution is -2.45. The molecule has 0 bridgehead atoms. The molecule has 1 amide bonds. The molecule has 26 heavy (non-hydrogen) atoms. The summed E-state index contributed by atoms with van der Waals surface area (Å²) in [7, 11) is 0. The van der Waals surface area contributed by atoms with Crippen molar-refractivity contribution in [2.75, 3.05) is 13.1 Å². The number of hydrogen-bond donors (Lipinski definition) is 1. The van der Waals surface area contributed by atoms with Crippen LogP contribution in [0, 0.1) is 10.1 Å². The first-order valence-electron chi connectivity index (χ1n) is 8.92. The Hall–Kier alpha value is -2.73. The SMILES string of the molecule is CC[C@@H](CNC(=O)c1ccc([N+](=O)[O-])cc1)N1CCc2ccccc2C1. The summed E-state index contributed by atoms with van der Waals surface area (Å²) in [6, 6.07) is 14.5. The highest BCUT2D eigenvalue weighted by atomic mass is 16.6. The molecule has 2 aromatic carbocycles. The monoisotopic (exact) mass is 353 g/mol. The van der Waals surface area contributed by atoms with E-state index in [1.54, 1.807) is 0 Å². The summed E-state index contributed by atoms with van der Waals surface area (Å²) >= 11 is 0. The molecule has 6 nitrogen and oxygen atoms in total. The van der Waals surface area contributed by atoms with E-state index >= 15 is 0 Å². The number of amides is 1. The van der Waals surface area contributed by atoms with Gasteiger partial charge in [0.15, 0.2) is 0 Å². The van der Waals surface area contributed by atoms with Crippen LogP contribution in [0.4, 0.5) is 5.69 Å². The molecule has 0 radical (unpaired) electrons. The van der Waals surface area contributed by atoms with E-state index in [1.165, 1.54) is 35.4 Å². The van der Waals surface area contributed by atoms with Crippen molar-refractivity contribution in [2.24, 2.45) is 0 Å². The molecule has 0 aromatic heterocycles. The van der Waals surface area contributed by atoms with Crippen molar-refractivity contribution in [1.82, 2.24) is 10.2 Å². The first kappa shape index (κ1) is 18.1. The molecular weight excluding hydrogens is 330 g/mol. The van der Waals surface area contributed by atoms with E-state index in [4.69, 9.17) is 0 Å². The molecule has 3 rings (SSSR count). The van der Waals surface area contributed by atoms with Gasteiger partial charge in [-0.2, -0.15) is 0 Å². The van der Waals surface area contributed by atoms with E-state index in [2.05, 4.69) is 41.4 Å². The highest BCUT2D eigenvalue weighted by Gasteiger charge is 2.22. The van der Waals surface area contributed by atoms with Gasteiger partial charge in [-0.15, -0.1) is 0 Å². The molecule has 0 saturated carbocycles. The first-order chi connectivity index (χ1) is 12.6. The van der Waals surface area contributed by atoms with E-state index in [0.717, 1.165) is 25.9 Å². The predicted octanol–water partition coefficient (Wildman–Crippen LogP) is 3.16. The quantitative estimate of drug-likeness (QED) is 0.639. The number of carbonyl (C=O) groups is 1. The minimum absolute atomic E-state index is 0.0139. The van der Waals surface area contributed by atoms with Gasteiger partial charge < -0.3 is 5.32 Å². The van der Waals surface area contributed by atoms with Crippen molar-refractivity contribution in [1.29, 1.82) is 0 Å². The van der Waals surface area contributed by atoms with Crippen LogP contribution in [0.5, 0.6) is 0 Å². The molecule has 0 unspecified atom stereocenters. The molecule has 2 aromatic rings. The fourth-order valence-corrected chi connectivity index (χ4v) is 3.41. The number of carbonyl (C=O) groups excluding carboxylic acids is 1. The largest absolute Gasteiger partial charge is 0.350 e. The van der Waals surface area contributed by atoms with Crippen molar-refractivity contribution in [2.45, 2.75) is 32.4 Å². The molecular formula is C20H23N3O3. The first-order valence-corrected chi connectivity index (χ1v) is 8.92. The number of fused-ring (bicyclic) bond motifs is 1. The maximum absolute atomic E-state index is 12.3. The number of nitro groups is 1. The van der Waals surface area contributed by atoms with Gasteiger partial charge in [0, 0.05) is 43.4 Å². The molecule has 1 aliphatic heterocycles. The summed E-state index contributed by atoms with van der Waals surface area (Å²) in [6.07, 6.45) is 1.98. The van der Waals surface area contributed by atoms with Crippen LogP contribution >= 0.6 is 0 Å². The predicted molar refractivity (Wildman–Crippen MR) is 100 cm³/mol. The second kappa shape index (κ2) is 8.10. The van der Waals surface area contributed by atoms with Gasteiger partial charge in [0.05, 0.1) is 4.92 Å². The summed E-state index contributed by atoms with van der Waals surface area (Å²) < 4.78 is 0. The maximum Gasteiger partial charge on any atom is 0.269 e. The lowest BCUT2D eigenvalue weighted by Gasteiger charge is -2.35. The van der Waals surface area contributed by atoms with Gasteiger partial charge in [0.1, 0.15) is 0 Å². The molecule has 0 fully saturated rings. The third-order valence-electron chi connectivity index (χ3n) is 4.99. The van der Waals surface area contributed by atoms with Gasteiger partial charge in [-0.25, -0.2) is 0 Å². The Labute approximate surface area is 153 Å². The Morgan fingerprint density at radius 2 is 1.88 bits per heavy atom. The van der Waals surface area contributed by atoms with Gasteiger partial charge in [0.2, 0.25) is 0 Å². The average Bonchev–Trinajstić information content (AvgIpc) is 2.68. The molecule has 0 spiro atoms. The molecule has 0 aliphatic carbocycles. The number of rotatable bonds is 6. The maximum atomic E-state index is 12.3. The van der Waals surface area contributed by atoms with E-state index in [-0.39, 0.29) is 17.6 Å². The molecule has 1 aliphatic rings. The lowest BCUT2D eigenvalue weighted by molar-refractivity contribution is -0.384. The smallest absolute Gasteiger partial charge is 0.269 e. The van der Waals surface area contributed by atoms with Crippen molar-refractivity contribution >= 4 is 11.6 Å². The second-order valence-corrected chi connectivity index (χ2v) is 6.57. The topological polar surface area (TPSA) is 75.5 Å². The zero-order valence-electron chi connectivity index (χ0n) is 14.9. The van der Waals surface area contributed by atoms with Crippen molar-refractivity contribution in [3.05, 3.63) is 75.3 Å². The van der Waals surface area contributed by atoms with Gasteiger partial charge >= 0.3 is 0 Å². The third-order valence-corrected chi connectivity index (χ3v) is 4.99. The van der Waals surface area contributed by atoms with Crippen LogP contribution in [0.2, 0.25) is 0 Å². The molecule has 136 valence electrons. The van der Waals surface area contributed by atoms with E-state index in [0.29, 0.717) is 12.1 Å². The minimum Gasteiger partial charge on any atom is -0.350 e. The van der Waals surface area contributed by atoms with E-state index in [9.17, 15) is 14.9 Å². The zero-order chi connectivity index (χ0) is 18.5. The normalized spacial score (nSPS) is 15.1. The van der Waals surface area contributed by atoms with Crippen LogP contribution in [-0.2, 0) is 13.0 Å². The fraction of sp³-hybridized carbons (Fsp3) is 0.350. The summed E-state index contributed by atoms with van der Waals surface area (Å²) in [5.74, 6) is -0.198. The van der Waals surface area contributed by atoms with E-state index < -0.39 is 4.92 Å². The van der Waals surface area contributed by atoms with Gasteiger partial charge in [-0.05, 0) is 36.1 Å². The number of nitrogens with zero attached hydrogens (tertiary/aromatic N) is 2. The number of benzene rings is 2. The number of non-ortho nitro benzene ring substituents is 1. The fourth-order valence-electron chi connectivity index (χ4n) is 3.41. The Kier molecular flexibility index (Phi) is 5.63. The van der Waals surface area contributed by atoms with Gasteiger partial charge in [-0.3, -0.25) is 19.8 Å². The Bertz CT molecular complexity index is 789.